The Balaban J connectivity index is 2.27. The number of aliphatic imine (C=N–C) groups is 1. The van der Waals surface area contributed by atoms with Gasteiger partial charge in [-0.3, -0.25) is 9.89 Å². The number of alkyl halides is 3. The maximum Gasteiger partial charge on any atom is 0.401 e. The highest BCUT2D eigenvalue weighted by Gasteiger charge is 2.32. The monoisotopic (exact) mass is 320 g/mol. The maximum absolute atomic E-state index is 12.3. The number of piperidine rings is 1. The molecule has 1 aliphatic heterocycles. The van der Waals surface area contributed by atoms with E-state index in [9.17, 15) is 13.2 Å². The summed E-state index contributed by atoms with van der Waals surface area (Å²) >= 11 is 0. The van der Waals surface area contributed by atoms with Crippen LogP contribution in [0.4, 0.5) is 13.2 Å². The van der Waals surface area contributed by atoms with Crippen molar-refractivity contribution in [3.05, 3.63) is 12.7 Å². The van der Waals surface area contributed by atoms with E-state index in [2.05, 4.69) is 22.2 Å². The van der Waals surface area contributed by atoms with Crippen LogP contribution in [0.1, 0.15) is 26.2 Å². The van der Waals surface area contributed by atoms with E-state index in [1.807, 2.05) is 6.92 Å². The summed E-state index contributed by atoms with van der Waals surface area (Å²) in [7, 11) is 0. The van der Waals surface area contributed by atoms with E-state index in [-0.39, 0.29) is 0 Å². The van der Waals surface area contributed by atoms with Gasteiger partial charge in [-0.25, -0.2) is 0 Å². The van der Waals surface area contributed by atoms with Crippen LogP contribution in [0.3, 0.4) is 0 Å². The van der Waals surface area contributed by atoms with Gasteiger partial charge in [0, 0.05) is 19.6 Å². The zero-order valence-electron chi connectivity index (χ0n) is 13.3. The standard InChI is InChI=1S/C15H27F3N4/c1-3-8-20-14(19-4-2)21-9-5-13-6-10-22(11-7-13)12-15(16,17)18/h3,13H,1,4-12H2,2H3,(H2,19,20,21). The molecule has 0 saturated carbocycles. The van der Waals surface area contributed by atoms with Crippen LogP contribution in [0.2, 0.25) is 0 Å². The fourth-order valence-electron chi connectivity index (χ4n) is 2.56. The largest absolute Gasteiger partial charge is 0.401 e. The lowest BCUT2D eigenvalue weighted by atomic mass is 9.93. The predicted octanol–water partition coefficient (Wildman–Crippen LogP) is 2.39. The van der Waals surface area contributed by atoms with Crippen molar-refractivity contribution in [3.63, 3.8) is 0 Å². The molecule has 1 heterocycles. The van der Waals surface area contributed by atoms with Crippen molar-refractivity contribution in [3.8, 4) is 0 Å². The molecule has 0 aromatic rings. The molecular formula is C15H27F3N4. The van der Waals surface area contributed by atoms with Crippen LogP contribution in [0, 0.1) is 5.92 Å². The van der Waals surface area contributed by atoms with E-state index >= 15 is 0 Å². The van der Waals surface area contributed by atoms with Crippen molar-refractivity contribution in [2.45, 2.75) is 32.4 Å². The second kappa shape index (κ2) is 9.71. The van der Waals surface area contributed by atoms with Gasteiger partial charge in [0.1, 0.15) is 0 Å². The highest BCUT2D eigenvalue weighted by atomic mass is 19.4. The fourth-order valence-corrected chi connectivity index (χ4v) is 2.56. The number of halogens is 3. The van der Waals surface area contributed by atoms with Gasteiger partial charge in [-0.15, -0.1) is 6.58 Å². The van der Waals surface area contributed by atoms with Crippen LogP contribution in [-0.2, 0) is 0 Å². The van der Waals surface area contributed by atoms with Crippen molar-refractivity contribution in [2.75, 3.05) is 39.3 Å². The second-order valence-corrected chi connectivity index (χ2v) is 5.55. The first-order valence-corrected chi connectivity index (χ1v) is 7.86. The summed E-state index contributed by atoms with van der Waals surface area (Å²) in [6, 6.07) is 0. The van der Waals surface area contributed by atoms with Gasteiger partial charge in [0.2, 0.25) is 0 Å². The number of likely N-dealkylation sites (tertiary alicyclic amines) is 1. The average molecular weight is 320 g/mol. The minimum atomic E-state index is -4.09. The van der Waals surface area contributed by atoms with Crippen LogP contribution in [-0.4, -0.2) is 56.3 Å². The third kappa shape index (κ3) is 8.26. The van der Waals surface area contributed by atoms with E-state index < -0.39 is 12.7 Å². The first-order valence-electron chi connectivity index (χ1n) is 7.86. The van der Waals surface area contributed by atoms with E-state index in [1.165, 1.54) is 4.90 Å². The molecule has 7 heteroatoms. The number of rotatable bonds is 7. The number of guanidine groups is 1. The summed E-state index contributed by atoms with van der Waals surface area (Å²) in [5, 5.41) is 6.27. The van der Waals surface area contributed by atoms with E-state index in [0.717, 1.165) is 31.8 Å². The Morgan fingerprint density at radius 2 is 2.00 bits per heavy atom. The molecule has 1 saturated heterocycles. The molecule has 0 aromatic carbocycles. The third-order valence-electron chi connectivity index (χ3n) is 3.68. The highest BCUT2D eigenvalue weighted by molar-refractivity contribution is 5.79. The van der Waals surface area contributed by atoms with Crippen LogP contribution >= 0.6 is 0 Å². The number of nitrogens with zero attached hydrogens (tertiary/aromatic N) is 2. The van der Waals surface area contributed by atoms with Crippen molar-refractivity contribution in [1.82, 2.24) is 15.5 Å². The minimum absolute atomic E-state index is 0.468. The maximum atomic E-state index is 12.3. The molecule has 4 nitrogen and oxygen atoms in total. The lowest BCUT2D eigenvalue weighted by Gasteiger charge is -2.32. The zero-order chi connectivity index (χ0) is 16.4. The molecule has 0 unspecified atom stereocenters. The molecular weight excluding hydrogens is 293 g/mol. The van der Waals surface area contributed by atoms with Gasteiger partial charge in [-0.05, 0) is 45.2 Å². The molecule has 0 aliphatic carbocycles. The van der Waals surface area contributed by atoms with Gasteiger partial charge in [0.25, 0.3) is 0 Å². The van der Waals surface area contributed by atoms with Crippen LogP contribution in [0.15, 0.2) is 17.6 Å². The summed E-state index contributed by atoms with van der Waals surface area (Å²) in [6.07, 6.45) is 0.243. The molecule has 0 aromatic heterocycles. The molecule has 0 bridgehead atoms. The van der Waals surface area contributed by atoms with Gasteiger partial charge in [-0.1, -0.05) is 6.08 Å². The molecule has 128 valence electrons. The Bertz CT molecular complexity index is 347. The lowest BCUT2D eigenvalue weighted by molar-refractivity contribution is -0.148. The smallest absolute Gasteiger partial charge is 0.357 e. The quantitative estimate of drug-likeness (QED) is 0.430. The molecule has 0 amide bonds. The normalized spacial score (nSPS) is 18.3. The summed E-state index contributed by atoms with van der Waals surface area (Å²) in [4.78, 5) is 5.97. The fraction of sp³-hybridized carbons (Fsp3) is 0.800. The highest BCUT2D eigenvalue weighted by Crippen LogP contribution is 2.24. The predicted molar refractivity (Wildman–Crippen MR) is 84.0 cm³/mol. The summed E-state index contributed by atoms with van der Waals surface area (Å²) in [5.41, 5.74) is 0. The van der Waals surface area contributed by atoms with Gasteiger partial charge in [0.15, 0.2) is 5.96 Å². The van der Waals surface area contributed by atoms with Gasteiger partial charge in [0.05, 0.1) is 6.54 Å². The molecule has 1 fully saturated rings. The Hall–Kier alpha value is -1.24. The third-order valence-corrected chi connectivity index (χ3v) is 3.68. The van der Waals surface area contributed by atoms with Crippen LogP contribution < -0.4 is 10.6 Å². The molecule has 0 spiro atoms. The molecule has 2 N–H and O–H groups in total. The number of hydrogen-bond acceptors (Lipinski definition) is 2. The van der Waals surface area contributed by atoms with E-state index in [1.54, 1.807) is 6.08 Å². The van der Waals surface area contributed by atoms with Crippen LogP contribution in [0.25, 0.3) is 0 Å². The molecule has 1 rings (SSSR count). The SMILES string of the molecule is C=CCNC(=NCCC1CCN(CC(F)(F)F)CC1)NCC. The summed E-state index contributed by atoms with van der Waals surface area (Å²) in [5.74, 6) is 1.23. The lowest BCUT2D eigenvalue weighted by Crippen LogP contribution is -2.40. The topological polar surface area (TPSA) is 39.7 Å². The minimum Gasteiger partial charge on any atom is -0.357 e. The van der Waals surface area contributed by atoms with Gasteiger partial charge >= 0.3 is 6.18 Å². The number of nitrogens with one attached hydrogen (secondary N) is 2. The average Bonchev–Trinajstić information content (AvgIpc) is 2.45. The number of hydrogen-bond donors (Lipinski definition) is 2. The zero-order valence-corrected chi connectivity index (χ0v) is 13.3. The summed E-state index contributed by atoms with van der Waals surface area (Å²) in [6.45, 7) is 8.06. The van der Waals surface area contributed by atoms with Crippen molar-refractivity contribution in [2.24, 2.45) is 10.9 Å². The van der Waals surface area contributed by atoms with Crippen molar-refractivity contribution >= 4 is 5.96 Å². The van der Waals surface area contributed by atoms with Crippen molar-refractivity contribution < 1.29 is 13.2 Å². The van der Waals surface area contributed by atoms with Crippen LogP contribution in [0.5, 0.6) is 0 Å². The Morgan fingerprint density at radius 1 is 1.32 bits per heavy atom. The Labute approximate surface area is 130 Å². The molecule has 22 heavy (non-hydrogen) atoms. The summed E-state index contributed by atoms with van der Waals surface area (Å²) < 4.78 is 37.0. The molecule has 0 radical (unpaired) electrons. The van der Waals surface area contributed by atoms with Gasteiger partial charge < -0.3 is 10.6 Å². The second-order valence-electron chi connectivity index (χ2n) is 5.55. The Morgan fingerprint density at radius 3 is 2.55 bits per heavy atom. The molecule has 1 aliphatic rings. The van der Waals surface area contributed by atoms with E-state index in [4.69, 9.17) is 0 Å². The first kappa shape index (κ1) is 18.8. The first-order chi connectivity index (χ1) is 10.4. The van der Waals surface area contributed by atoms with Gasteiger partial charge in [-0.2, -0.15) is 13.2 Å². The van der Waals surface area contributed by atoms with Crippen molar-refractivity contribution in [1.29, 1.82) is 0 Å². The Kier molecular flexibility index (Phi) is 8.30. The molecule has 0 atom stereocenters. The van der Waals surface area contributed by atoms with E-state index in [0.29, 0.717) is 32.1 Å².